The molecule has 1 saturated heterocycles. The summed E-state index contributed by atoms with van der Waals surface area (Å²) in [5.41, 5.74) is -0.719. The van der Waals surface area contributed by atoms with Gasteiger partial charge >= 0.3 is 5.97 Å². The van der Waals surface area contributed by atoms with Crippen molar-refractivity contribution in [3.05, 3.63) is 30.1 Å². The van der Waals surface area contributed by atoms with E-state index in [1.165, 1.54) is 0 Å². The molecule has 1 atom stereocenters. The zero-order valence-corrected chi connectivity index (χ0v) is 17.4. The van der Waals surface area contributed by atoms with Gasteiger partial charge in [-0.15, -0.1) is 0 Å². The van der Waals surface area contributed by atoms with Gasteiger partial charge in [-0.1, -0.05) is 27.7 Å². The van der Waals surface area contributed by atoms with Gasteiger partial charge in [0.15, 0.2) is 0 Å². The van der Waals surface area contributed by atoms with Crippen LogP contribution in [-0.2, 0) is 31.8 Å². The number of rotatable bonds is 6. The summed E-state index contributed by atoms with van der Waals surface area (Å²) < 4.78 is 13.2. The topological polar surface area (TPSA) is 77.7 Å². The van der Waals surface area contributed by atoms with Gasteiger partial charge in [0.1, 0.15) is 11.5 Å². The van der Waals surface area contributed by atoms with Gasteiger partial charge in [0.25, 0.3) is 0 Å². The van der Waals surface area contributed by atoms with Gasteiger partial charge in [-0.05, 0) is 25.2 Å². The number of aliphatic imine (C=N–C) groups is 1. The predicted octanol–water partition coefficient (Wildman–Crippen LogP) is 2.90. The molecule has 0 aromatic carbocycles. The van der Waals surface area contributed by atoms with Crippen LogP contribution in [0.25, 0.3) is 0 Å². The minimum Gasteiger partial charge on any atom is -0.463 e. The minimum atomic E-state index is -1.19. The number of carbonyl (C=O) groups excluding carboxylic acids is 1. The van der Waals surface area contributed by atoms with E-state index in [1.54, 1.807) is 18.6 Å². The lowest BCUT2D eigenvalue weighted by molar-refractivity contribution is -0.148. The van der Waals surface area contributed by atoms with Gasteiger partial charge in [-0.2, -0.15) is 0 Å². The smallest absolute Gasteiger partial charge is 0.343 e. The van der Waals surface area contributed by atoms with Crippen LogP contribution in [0.1, 0.15) is 58.5 Å². The summed E-state index contributed by atoms with van der Waals surface area (Å²) in [5, 5.41) is 3.15. The average Bonchev–Trinajstić information content (AvgIpc) is 3.12. The third kappa shape index (κ3) is 4.29. The molecule has 0 radical (unpaired) electrons. The number of ether oxygens (including phenoxy) is 2. The summed E-state index contributed by atoms with van der Waals surface area (Å²) >= 11 is 0. The van der Waals surface area contributed by atoms with Crippen molar-refractivity contribution in [3.8, 4) is 0 Å². The lowest BCUT2D eigenvalue weighted by Crippen LogP contribution is -2.50. The predicted molar refractivity (Wildman–Crippen MR) is 108 cm³/mol. The highest BCUT2D eigenvalue weighted by Gasteiger charge is 2.44. The highest BCUT2D eigenvalue weighted by atomic mass is 16.5. The van der Waals surface area contributed by atoms with Crippen molar-refractivity contribution in [3.63, 3.8) is 0 Å². The van der Waals surface area contributed by atoms with E-state index in [9.17, 15) is 4.79 Å². The monoisotopic (exact) mass is 388 g/mol. The zero-order chi connectivity index (χ0) is 20.2. The van der Waals surface area contributed by atoms with Gasteiger partial charge in [0, 0.05) is 50.0 Å². The van der Waals surface area contributed by atoms with Crippen molar-refractivity contribution >= 4 is 12.2 Å². The fourth-order valence-electron chi connectivity index (χ4n) is 3.62. The van der Waals surface area contributed by atoms with Crippen molar-refractivity contribution in [1.82, 2.24) is 14.9 Å². The Bertz CT molecular complexity index is 741. The first kappa shape index (κ1) is 20.6. The van der Waals surface area contributed by atoms with Gasteiger partial charge in [0.2, 0.25) is 5.54 Å². The molecule has 28 heavy (non-hydrogen) atoms. The molecule has 1 unspecified atom stereocenters. The van der Waals surface area contributed by atoms with E-state index in [4.69, 9.17) is 14.5 Å². The molecule has 1 fully saturated rings. The first-order valence-electron chi connectivity index (χ1n) is 10.2. The maximum atomic E-state index is 13.0. The average molecular weight is 389 g/mol. The van der Waals surface area contributed by atoms with Crippen molar-refractivity contribution in [1.29, 1.82) is 0 Å². The molecular formula is C21H32N4O3. The van der Waals surface area contributed by atoms with Crippen LogP contribution < -0.4 is 5.32 Å². The molecule has 7 heteroatoms. The second-order valence-electron chi connectivity index (χ2n) is 8.59. The van der Waals surface area contributed by atoms with Gasteiger partial charge in [0.05, 0.1) is 6.61 Å². The van der Waals surface area contributed by atoms with E-state index < -0.39 is 5.54 Å². The van der Waals surface area contributed by atoms with E-state index in [2.05, 4.69) is 35.6 Å². The number of hydrogen-bond acceptors (Lipinski definition) is 6. The van der Waals surface area contributed by atoms with Crippen LogP contribution in [0.5, 0.6) is 0 Å². The number of hydrogen-bond donors (Lipinski definition) is 1. The standard InChI is InChI=1S/C21H32N4O3/c1-5-10-28-19(26)21(15-22-8-9-23-21)17-14-25(18(24-17)20(2,3)4)13-16-6-11-27-12-7-16/h8-9,14-16,23H,5-7,10-13H2,1-4H3. The normalized spacial score (nSPS) is 22.9. The van der Waals surface area contributed by atoms with E-state index >= 15 is 0 Å². The number of imidazole rings is 1. The Kier molecular flexibility index (Phi) is 6.23. The van der Waals surface area contributed by atoms with Crippen LogP contribution in [0.15, 0.2) is 23.6 Å². The fraction of sp³-hybridized carbons (Fsp3) is 0.667. The van der Waals surface area contributed by atoms with Crippen LogP contribution in [0, 0.1) is 5.92 Å². The number of nitrogens with one attached hydrogen (secondary N) is 1. The Morgan fingerprint density at radius 3 is 2.75 bits per heavy atom. The van der Waals surface area contributed by atoms with Gasteiger partial charge in [-0.3, -0.25) is 4.99 Å². The van der Waals surface area contributed by atoms with Crippen LogP contribution in [0.4, 0.5) is 0 Å². The van der Waals surface area contributed by atoms with Gasteiger partial charge < -0.3 is 19.4 Å². The van der Waals surface area contributed by atoms with Crippen LogP contribution in [0.3, 0.4) is 0 Å². The molecule has 2 aliphatic rings. The number of esters is 1. The van der Waals surface area contributed by atoms with Crippen molar-refractivity contribution in [2.75, 3.05) is 19.8 Å². The van der Waals surface area contributed by atoms with Crippen LogP contribution in [0.2, 0.25) is 0 Å². The third-order valence-electron chi connectivity index (χ3n) is 5.15. The third-order valence-corrected chi connectivity index (χ3v) is 5.15. The van der Waals surface area contributed by atoms with Crippen LogP contribution in [-0.4, -0.2) is 41.6 Å². The Morgan fingerprint density at radius 1 is 1.39 bits per heavy atom. The maximum absolute atomic E-state index is 13.0. The summed E-state index contributed by atoms with van der Waals surface area (Å²) in [5.74, 6) is 1.13. The molecule has 0 amide bonds. The Hall–Kier alpha value is -2.15. The molecular weight excluding hydrogens is 356 g/mol. The molecule has 0 bridgehead atoms. The Labute approximate surface area is 167 Å². The van der Waals surface area contributed by atoms with Crippen molar-refractivity contribution < 1.29 is 14.3 Å². The first-order chi connectivity index (χ1) is 13.4. The fourth-order valence-corrected chi connectivity index (χ4v) is 3.62. The van der Waals surface area contributed by atoms with Crippen molar-refractivity contribution in [2.24, 2.45) is 10.9 Å². The lowest BCUT2D eigenvalue weighted by atomic mass is 9.94. The second-order valence-corrected chi connectivity index (χ2v) is 8.59. The summed E-state index contributed by atoms with van der Waals surface area (Å²) in [6.45, 7) is 11.3. The molecule has 7 nitrogen and oxygen atoms in total. The first-order valence-corrected chi connectivity index (χ1v) is 10.2. The Balaban J connectivity index is 1.97. The molecule has 1 aromatic rings. The lowest BCUT2D eigenvalue weighted by Gasteiger charge is -2.28. The molecule has 0 spiro atoms. The largest absolute Gasteiger partial charge is 0.463 e. The van der Waals surface area contributed by atoms with E-state index in [0.29, 0.717) is 18.2 Å². The summed E-state index contributed by atoms with van der Waals surface area (Å²) in [4.78, 5) is 22.1. The van der Waals surface area contributed by atoms with Crippen molar-refractivity contribution in [2.45, 2.75) is 64.5 Å². The quantitative estimate of drug-likeness (QED) is 0.758. The van der Waals surface area contributed by atoms with Crippen LogP contribution >= 0.6 is 0 Å². The molecule has 0 aliphatic carbocycles. The molecule has 1 aromatic heterocycles. The molecule has 1 N–H and O–H groups in total. The maximum Gasteiger partial charge on any atom is 0.343 e. The molecule has 0 saturated carbocycles. The molecule has 3 heterocycles. The van der Waals surface area contributed by atoms with E-state index in [0.717, 1.165) is 44.8 Å². The summed E-state index contributed by atoms with van der Waals surface area (Å²) in [6.07, 6.45) is 9.73. The van der Waals surface area contributed by atoms with E-state index in [-0.39, 0.29) is 11.4 Å². The molecule has 2 aliphatic heterocycles. The number of aromatic nitrogens is 2. The van der Waals surface area contributed by atoms with Gasteiger partial charge in [-0.25, -0.2) is 9.78 Å². The number of carbonyl (C=O) groups is 1. The summed E-state index contributed by atoms with van der Waals surface area (Å²) in [7, 11) is 0. The minimum absolute atomic E-state index is 0.153. The molecule has 154 valence electrons. The highest BCUT2D eigenvalue weighted by Crippen LogP contribution is 2.30. The summed E-state index contributed by atoms with van der Waals surface area (Å²) in [6, 6.07) is 0. The second kappa shape index (κ2) is 8.47. The van der Waals surface area contributed by atoms with E-state index in [1.807, 2.05) is 13.1 Å². The SMILES string of the molecule is CCCOC(=O)C1(c2cn(CC3CCOCC3)c(C(C)(C)C)n2)C=NC=CN1. The highest BCUT2D eigenvalue weighted by molar-refractivity contribution is 6.01. The Morgan fingerprint density at radius 2 is 2.14 bits per heavy atom. The molecule has 3 rings (SSSR count). The zero-order valence-electron chi connectivity index (χ0n) is 17.4. The number of nitrogens with zero attached hydrogens (tertiary/aromatic N) is 3.